The Hall–Kier alpha value is -1.17. The SMILES string of the molecule is CCC(NS(=O)(=O)c1ccc2nc(Cl)ccc2c1)C(C)C. The number of hydrogen-bond donors (Lipinski definition) is 1. The van der Waals surface area contributed by atoms with E-state index in [9.17, 15) is 8.42 Å². The molecule has 1 unspecified atom stereocenters. The summed E-state index contributed by atoms with van der Waals surface area (Å²) in [7, 11) is -3.53. The molecule has 4 nitrogen and oxygen atoms in total. The van der Waals surface area contributed by atoms with Crippen molar-refractivity contribution in [3.63, 3.8) is 0 Å². The normalized spacial score (nSPS) is 13.8. The molecule has 0 spiro atoms. The molecule has 1 atom stereocenters. The Kier molecular flexibility index (Phi) is 4.86. The third-order valence-electron chi connectivity index (χ3n) is 3.49. The molecule has 1 aromatic carbocycles. The van der Waals surface area contributed by atoms with Crippen molar-refractivity contribution in [2.75, 3.05) is 0 Å². The number of pyridine rings is 1. The van der Waals surface area contributed by atoms with E-state index < -0.39 is 10.0 Å². The van der Waals surface area contributed by atoms with E-state index in [4.69, 9.17) is 11.6 Å². The third-order valence-corrected chi connectivity index (χ3v) is 5.19. The van der Waals surface area contributed by atoms with Crippen LogP contribution in [0, 0.1) is 5.92 Å². The van der Waals surface area contributed by atoms with Crippen molar-refractivity contribution in [2.45, 2.75) is 38.1 Å². The number of benzene rings is 1. The van der Waals surface area contributed by atoms with Gasteiger partial charge in [-0.15, -0.1) is 0 Å². The first kappa shape index (κ1) is 16.2. The molecule has 0 amide bonds. The number of nitrogens with zero attached hydrogens (tertiary/aromatic N) is 1. The predicted octanol–water partition coefficient (Wildman–Crippen LogP) is 3.60. The van der Waals surface area contributed by atoms with Crippen molar-refractivity contribution in [1.29, 1.82) is 0 Å². The fourth-order valence-electron chi connectivity index (χ4n) is 2.20. The van der Waals surface area contributed by atoms with Gasteiger partial charge in [0, 0.05) is 11.4 Å². The summed E-state index contributed by atoms with van der Waals surface area (Å²) in [5.41, 5.74) is 0.678. The van der Waals surface area contributed by atoms with Crippen LogP contribution < -0.4 is 4.72 Å². The summed E-state index contributed by atoms with van der Waals surface area (Å²) in [4.78, 5) is 4.40. The first-order chi connectivity index (χ1) is 9.83. The predicted molar refractivity (Wildman–Crippen MR) is 86.0 cm³/mol. The summed E-state index contributed by atoms with van der Waals surface area (Å²) in [5.74, 6) is 0.241. The van der Waals surface area contributed by atoms with Crippen LogP contribution in [0.25, 0.3) is 10.9 Å². The fraction of sp³-hybridized carbons (Fsp3) is 0.400. The third kappa shape index (κ3) is 3.73. The summed E-state index contributed by atoms with van der Waals surface area (Å²) in [6.45, 7) is 5.98. The maximum absolute atomic E-state index is 12.5. The van der Waals surface area contributed by atoms with Crippen molar-refractivity contribution < 1.29 is 8.42 Å². The zero-order valence-electron chi connectivity index (χ0n) is 12.3. The largest absolute Gasteiger partial charge is 0.240 e. The highest BCUT2D eigenvalue weighted by molar-refractivity contribution is 7.89. The second-order valence-corrected chi connectivity index (χ2v) is 7.47. The number of aromatic nitrogens is 1. The summed E-state index contributed by atoms with van der Waals surface area (Å²) < 4.78 is 27.7. The minimum absolute atomic E-state index is 0.0750. The van der Waals surface area contributed by atoms with E-state index in [-0.39, 0.29) is 16.9 Å². The van der Waals surface area contributed by atoms with Gasteiger partial charge in [-0.25, -0.2) is 18.1 Å². The van der Waals surface area contributed by atoms with E-state index in [1.807, 2.05) is 20.8 Å². The molecule has 1 aromatic heterocycles. The standard InChI is InChI=1S/C15H19ClN2O2S/c1-4-13(10(2)3)18-21(19,20)12-6-7-14-11(9-12)5-8-15(16)17-14/h5-10,13,18H,4H2,1-3H3. The van der Waals surface area contributed by atoms with Gasteiger partial charge in [0.2, 0.25) is 10.0 Å². The van der Waals surface area contributed by atoms with Crippen LogP contribution in [0.2, 0.25) is 5.15 Å². The van der Waals surface area contributed by atoms with Crippen LogP contribution in [0.15, 0.2) is 35.2 Å². The van der Waals surface area contributed by atoms with Gasteiger partial charge in [-0.3, -0.25) is 0 Å². The molecule has 0 fully saturated rings. The van der Waals surface area contributed by atoms with Crippen molar-refractivity contribution in [3.05, 3.63) is 35.5 Å². The Morgan fingerprint density at radius 2 is 1.95 bits per heavy atom. The van der Waals surface area contributed by atoms with Crippen molar-refractivity contribution in [1.82, 2.24) is 9.71 Å². The van der Waals surface area contributed by atoms with Crippen LogP contribution in [-0.4, -0.2) is 19.4 Å². The summed E-state index contributed by atoms with van der Waals surface area (Å²) in [5, 5.41) is 1.14. The molecule has 0 aliphatic rings. The van der Waals surface area contributed by atoms with E-state index in [0.717, 1.165) is 11.8 Å². The lowest BCUT2D eigenvalue weighted by Gasteiger charge is -2.20. The molecule has 0 saturated heterocycles. The van der Waals surface area contributed by atoms with Crippen molar-refractivity contribution in [3.8, 4) is 0 Å². The summed E-state index contributed by atoms with van der Waals surface area (Å²) >= 11 is 5.83. The van der Waals surface area contributed by atoms with Gasteiger partial charge in [0.25, 0.3) is 0 Å². The molecule has 114 valence electrons. The number of sulfonamides is 1. The number of rotatable bonds is 5. The van der Waals surface area contributed by atoms with Gasteiger partial charge < -0.3 is 0 Å². The Balaban J connectivity index is 2.38. The van der Waals surface area contributed by atoms with Crippen LogP contribution in [0.5, 0.6) is 0 Å². The van der Waals surface area contributed by atoms with Crippen LogP contribution in [0.1, 0.15) is 27.2 Å². The molecule has 6 heteroatoms. The Morgan fingerprint density at radius 3 is 2.57 bits per heavy atom. The number of nitrogens with one attached hydrogen (secondary N) is 1. The highest BCUT2D eigenvalue weighted by Gasteiger charge is 2.21. The molecular formula is C15H19ClN2O2S. The number of fused-ring (bicyclic) bond motifs is 1. The van der Waals surface area contributed by atoms with E-state index >= 15 is 0 Å². The van der Waals surface area contributed by atoms with E-state index in [1.54, 1.807) is 30.3 Å². The summed E-state index contributed by atoms with van der Waals surface area (Å²) in [6.07, 6.45) is 0.752. The fourth-order valence-corrected chi connectivity index (χ4v) is 3.86. The van der Waals surface area contributed by atoms with E-state index in [1.165, 1.54) is 0 Å². The van der Waals surface area contributed by atoms with Gasteiger partial charge in [-0.2, -0.15) is 0 Å². The van der Waals surface area contributed by atoms with Crippen LogP contribution in [-0.2, 0) is 10.0 Å². The lowest BCUT2D eigenvalue weighted by atomic mass is 10.0. The molecule has 0 bridgehead atoms. The van der Waals surface area contributed by atoms with Crippen LogP contribution in [0.3, 0.4) is 0 Å². The van der Waals surface area contributed by atoms with Crippen molar-refractivity contribution in [2.24, 2.45) is 5.92 Å². The van der Waals surface area contributed by atoms with Crippen LogP contribution >= 0.6 is 11.6 Å². The Morgan fingerprint density at radius 1 is 1.24 bits per heavy atom. The highest BCUT2D eigenvalue weighted by atomic mass is 35.5. The average molecular weight is 327 g/mol. The molecule has 2 rings (SSSR count). The molecule has 1 heterocycles. The first-order valence-corrected chi connectivity index (χ1v) is 8.78. The van der Waals surface area contributed by atoms with E-state index in [2.05, 4.69) is 9.71 Å². The Labute approximate surface area is 130 Å². The van der Waals surface area contributed by atoms with Gasteiger partial charge in [0.1, 0.15) is 5.15 Å². The second-order valence-electron chi connectivity index (χ2n) is 5.37. The maximum atomic E-state index is 12.5. The summed E-state index contributed by atoms with van der Waals surface area (Å²) in [6, 6.07) is 8.19. The molecular weight excluding hydrogens is 308 g/mol. The maximum Gasteiger partial charge on any atom is 0.240 e. The molecule has 0 radical (unpaired) electrons. The first-order valence-electron chi connectivity index (χ1n) is 6.92. The zero-order valence-corrected chi connectivity index (χ0v) is 13.9. The van der Waals surface area contributed by atoms with Crippen LogP contribution in [0.4, 0.5) is 0 Å². The lowest BCUT2D eigenvalue weighted by Crippen LogP contribution is -2.37. The monoisotopic (exact) mass is 326 g/mol. The zero-order chi connectivity index (χ0) is 15.6. The average Bonchev–Trinajstić information content (AvgIpc) is 2.43. The molecule has 1 N–H and O–H groups in total. The smallest absolute Gasteiger partial charge is 0.236 e. The minimum atomic E-state index is -3.53. The molecule has 0 aliphatic heterocycles. The minimum Gasteiger partial charge on any atom is -0.236 e. The topological polar surface area (TPSA) is 59.1 Å². The molecule has 0 aliphatic carbocycles. The van der Waals surface area contributed by atoms with Gasteiger partial charge in [0.05, 0.1) is 10.4 Å². The van der Waals surface area contributed by atoms with E-state index in [0.29, 0.717) is 10.7 Å². The van der Waals surface area contributed by atoms with Gasteiger partial charge in [0.15, 0.2) is 0 Å². The quantitative estimate of drug-likeness (QED) is 0.854. The van der Waals surface area contributed by atoms with Gasteiger partial charge in [-0.1, -0.05) is 32.4 Å². The Bertz CT molecular complexity index is 744. The number of halogens is 1. The van der Waals surface area contributed by atoms with Crippen molar-refractivity contribution >= 4 is 32.5 Å². The van der Waals surface area contributed by atoms with Gasteiger partial charge >= 0.3 is 0 Å². The molecule has 21 heavy (non-hydrogen) atoms. The second kappa shape index (κ2) is 6.30. The molecule has 0 saturated carbocycles. The highest BCUT2D eigenvalue weighted by Crippen LogP contribution is 2.20. The van der Waals surface area contributed by atoms with Gasteiger partial charge in [-0.05, 0) is 42.7 Å². The lowest BCUT2D eigenvalue weighted by molar-refractivity contribution is 0.437. The molecule has 2 aromatic rings. The number of hydrogen-bond acceptors (Lipinski definition) is 3.